The molecule has 4 nitrogen and oxygen atoms in total. The molecule has 2 rings (SSSR count). The predicted octanol–water partition coefficient (Wildman–Crippen LogP) is 5.11. The highest BCUT2D eigenvalue weighted by Crippen LogP contribution is 2.37. The van der Waals surface area contributed by atoms with Crippen LogP contribution in [0.25, 0.3) is 10.1 Å². The molecule has 0 unspecified atom stereocenters. The molecule has 0 saturated carbocycles. The van der Waals surface area contributed by atoms with Crippen molar-refractivity contribution in [3.05, 3.63) is 28.1 Å². The summed E-state index contributed by atoms with van der Waals surface area (Å²) in [4.78, 5) is 12.8. The summed E-state index contributed by atoms with van der Waals surface area (Å²) >= 11 is 7.66. The predicted molar refractivity (Wildman–Crippen MR) is 98.0 cm³/mol. The maximum atomic E-state index is 12.3. The second kappa shape index (κ2) is 7.79. The van der Waals surface area contributed by atoms with Gasteiger partial charge in [-0.15, -0.1) is 11.3 Å². The molecule has 1 aromatic heterocycles. The SMILES string of the molecule is COc1ccc2c(Cl)c(C(=O)N/N=C(\C)CCC(C)C)sc2c1. The molecule has 1 amide bonds. The summed E-state index contributed by atoms with van der Waals surface area (Å²) in [5.41, 5.74) is 3.50. The number of methoxy groups -OCH3 is 1. The van der Waals surface area contributed by atoms with E-state index in [0.717, 1.165) is 34.4 Å². The van der Waals surface area contributed by atoms with Gasteiger partial charge >= 0.3 is 0 Å². The fourth-order valence-electron chi connectivity index (χ4n) is 2.07. The highest BCUT2D eigenvalue weighted by atomic mass is 35.5. The van der Waals surface area contributed by atoms with Gasteiger partial charge in [-0.2, -0.15) is 5.10 Å². The van der Waals surface area contributed by atoms with E-state index in [9.17, 15) is 4.79 Å². The fraction of sp³-hybridized carbons (Fsp3) is 0.412. The lowest BCUT2D eigenvalue weighted by atomic mass is 10.1. The van der Waals surface area contributed by atoms with Crippen molar-refractivity contribution in [3.63, 3.8) is 0 Å². The minimum absolute atomic E-state index is 0.279. The number of carbonyl (C=O) groups is 1. The zero-order valence-electron chi connectivity index (χ0n) is 13.8. The first-order chi connectivity index (χ1) is 10.9. The van der Waals surface area contributed by atoms with Gasteiger partial charge in [-0.3, -0.25) is 4.79 Å². The Kier molecular flexibility index (Phi) is 6.02. The second-order valence-electron chi connectivity index (χ2n) is 5.83. The van der Waals surface area contributed by atoms with E-state index in [4.69, 9.17) is 16.3 Å². The monoisotopic (exact) mass is 352 g/mol. The number of fused-ring (bicyclic) bond motifs is 1. The van der Waals surface area contributed by atoms with Crippen molar-refractivity contribution in [2.24, 2.45) is 11.0 Å². The fourth-order valence-corrected chi connectivity index (χ4v) is 3.50. The highest BCUT2D eigenvalue weighted by Gasteiger charge is 2.17. The molecule has 1 N–H and O–H groups in total. The molecule has 0 aliphatic heterocycles. The van der Waals surface area contributed by atoms with Gasteiger partial charge in [0.15, 0.2) is 0 Å². The lowest BCUT2D eigenvalue weighted by Crippen LogP contribution is -2.18. The quantitative estimate of drug-likeness (QED) is 0.580. The Morgan fingerprint density at radius 1 is 1.43 bits per heavy atom. The van der Waals surface area contributed by atoms with Gasteiger partial charge in [0.2, 0.25) is 0 Å². The lowest BCUT2D eigenvalue weighted by molar-refractivity contribution is 0.0959. The van der Waals surface area contributed by atoms with Crippen LogP contribution in [0.3, 0.4) is 0 Å². The molecule has 0 aliphatic rings. The Bertz CT molecular complexity index is 738. The Morgan fingerprint density at radius 2 is 2.17 bits per heavy atom. The van der Waals surface area contributed by atoms with Crippen LogP contribution in [0.15, 0.2) is 23.3 Å². The third-order valence-corrected chi connectivity index (χ3v) is 5.13. The molecule has 1 heterocycles. The number of thiophene rings is 1. The van der Waals surface area contributed by atoms with Gasteiger partial charge in [-0.25, -0.2) is 5.43 Å². The van der Waals surface area contributed by atoms with Crippen LogP contribution in [0.5, 0.6) is 5.75 Å². The van der Waals surface area contributed by atoms with Crippen LogP contribution >= 0.6 is 22.9 Å². The molecule has 1 aromatic carbocycles. The molecule has 0 saturated heterocycles. The average Bonchev–Trinajstić information content (AvgIpc) is 2.86. The van der Waals surface area contributed by atoms with E-state index in [0.29, 0.717) is 15.8 Å². The van der Waals surface area contributed by atoms with Gasteiger partial charge in [0.25, 0.3) is 5.91 Å². The molecular weight excluding hydrogens is 332 g/mol. The molecule has 23 heavy (non-hydrogen) atoms. The van der Waals surface area contributed by atoms with E-state index in [1.807, 2.05) is 25.1 Å². The number of carbonyl (C=O) groups excluding carboxylic acids is 1. The van der Waals surface area contributed by atoms with Crippen molar-refractivity contribution >= 4 is 44.6 Å². The average molecular weight is 353 g/mol. The number of ether oxygens (including phenoxy) is 1. The van der Waals surface area contributed by atoms with Gasteiger partial charge in [0, 0.05) is 15.8 Å². The van der Waals surface area contributed by atoms with Gasteiger partial charge < -0.3 is 4.74 Å². The summed E-state index contributed by atoms with van der Waals surface area (Å²) in [6, 6.07) is 5.57. The van der Waals surface area contributed by atoms with Crippen molar-refractivity contribution in [3.8, 4) is 5.75 Å². The molecule has 124 valence electrons. The summed E-state index contributed by atoms with van der Waals surface area (Å²) in [5.74, 6) is 1.08. The van der Waals surface area contributed by atoms with Crippen molar-refractivity contribution in [1.82, 2.24) is 5.43 Å². The van der Waals surface area contributed by atoms with E-state index in [2.05, 4.69) is 24.4 Å². The van der Waals surface area contributed by atoms with Crippen molar-refractivity contribution in [1.29, 1.82) is 0 Å². The first kappa shape index (κ1) is 17.8. The Morgan fingerprint density at radius 3 is 2.83 bits per heavy atom. The molecule has 0 aliphatic carbocycles. The summed E-state index contributed by atoms with van der Waals surface area (Å²) in [6.07, 6.45) is 1.92. The van der Waals surface area contributed by atoms with E-state index in [1.165, 1.54) is 11.3 Å². The standard InChI is InChI=1S/C17H21ClN2O2S/c1-10(2)5-6-11(3)19-20-17(21)16-15(18)13-8-7-12(22-4)9-14(13)23-16/h7-10H,5-6H2,1-4H3,(H,20,21)/b19-11+. The van der Waals surface area contributed by atoms with Crippen molar-refractivity contribution in [2.45, 2.75) is 33.6 Å². The van der Waals surface area contributed by atoms with Crippen LogP contribution in [0.1, 0.15) is 43.3 Å². The zero-order chi connectivity index (χ0) is 17.0. The van der Waals surface area contributed by atoms with Crippen molar-refractivity contribution < 1.29 is 9.53 Å². The van der Waals surface area contributed by atoms with Gasteiger partial charge in [-0.05, 0) is 43.9 Å². The second-order valence-corrected chi connectivity index (χ2v) is 7.26. The molecule has 0 atom stereocenters. The smallest absolute Gasteiger partial charge is 0.283 e. The van der Waals surface area contributed by atoms with Crippen LogP contribution in [0, 0.1) is 5.92 Å². The summed E-state index contributed by atoms with van der Waals surface area (Å²) in [7, 11) is 1.61. The summed E-state index contributed by atoms with van der Waals surface area (Å²) < 4.78 is 6.11. The topological polar surface area (TPSA) is 50.7 Å². The number of hydrazone groups is 1. The lowest BCUT2D eigenvalue weighted by Gasteiger charge is -2.04. The Labute approximate surface area is 145 Å². The van der Waals surface area contributed by atoms with Crippen LogP contribution in [-0.4, -0.2) is 18.7 Å². The third-order valence-electron chi connectivity index (χ3n) is 3.47. The third kappa shape index (κ3) is 4.45. The van der Waals surface area contributed by atoms with Gasteiger partial charge in [0.05, 0.1) is 12.1 Å². The number of benzene rings is 1. The Balaban J connectivity index is 2.14. The maximum absolute atomic E-state index is 12.3. The summed E-state index contributed by atoms with van der Waals surface area (Å²) in [5, 5.41) is 5.47. The number of halogens is 1. The summed E-state index contributed by atoms with van der Waals surface area (Å²) in [6.45, 7) is 6.24. The minimum atomic E-state index is -0.279. The molecule has 0 radical (unpaired) electrons. The Hall–Kier alpha value is -1.59. The normalized spacial score (nSPS) is 12.0. The van der Waals surface area contributed by atoms with Gasteiger partial charge in [0.1, 0.15) is 10.6 Å². The molecule has 6 heteroatoms. The van der Waals surface area contributed by atoms with Crippen LogP contribution < -0.4 is 10.2 Å². The van der Waals surface area contributed by atoms with Crippen LogP contribution in [0.2, 0.25) is 5.02 Å². The van der Waals surface area contributed by atoms with E-state index in [1.54, 1.807) is 7.11 Å². The molecular formula is C17H21ClN2O2S. The molecule has 0 bridgehead atoms. The van der Waals surface area contributed by atoms with Gasteiger partial charge in [-0.1, -0.05) is 25.4 Å². The van der Waals surface area contributed by atoms with E-state index in [-0.39, 0.29) is 5.91 Å². The minimum Gasteiger partial charge on any atom is -0.497 e. The van der Waals surface area contributed by atoms with Crippen molar-refractivity contribution in [2.75, 3.05) is 7.11 Å². The van der Waals surface area contributed by atoms with Crippen LogP contribution in [0.4, 0.5) is 0 Å². The van der Waals surface area contributed by atoms with Crippen LogP contribution in [-0.2, 0) is 0 Å². The number of hydrogen-bond donors (Lipinski definition) is 1. The maximum Gasteiger partial charge on any atom is 0.283 e. The largest absolute Gasteiger partial charge is 0.497 e. The highest BCUT2D eigenvalue weighted by molar-refractivity contribution is 7.21. The van der Waals surface area contributed by atoms with E-state index >= 15 is 0 Å². The molecule has 0 fully saturated rings. The molecule has 0 spiro atoms. The van der Waals surface area contributed by atoms with E-state index < -0.39 is 0 Å². The number of amides is 1. The number of nitrogens with zero attached hydrogens (tertiary/aromatic N) is 1. The zero-order valence-corrected chi connectivity index (χ0v) is 15.3. The number of hydrogen-bond acceptors (Lipinski definition) is 4. The number of rotatable bonds is 6. The molecule has 2 aromatic rings. The first-order valence-corrected chi connectivity index (χ1v) is 8.71. The number of nitrogens with one attached hydrogen (secondary N) is 1. The first-order valence-electron chi connectivity index (χ1n) is 7.52.